The molecule has 9 heteroatoms. The van der Waals surface area contributed by atoms with Crippen LogP contribution in [0.25, 0.3) is 0 Å². The standard InChI is InChI=1S/C14H14F2N2O3S2/c1-8(2)11-7-22-14(17-11)18-12(19)9-3-5-10(6-4-9)23(20,21)13(15)16/h3-8,13H,1-2H3,(H,17,18,19). The number of amides is 1. The van der Waals surface area contributed by atoms with Crippen molar-refractivity contribution in [3.63, 3.8) is 0 Å². The molecule has 2 rings (SSSR count). The molecule has 1 N–H and O–H groups in total. The van der Waals surface area contributed by atoms with Gasteiger partial charge in [0.15, 0.2) is 5.13 Å². The van der Waals surface area contributed by atoms with Crippen molar-refractivity contribution in [2.24, 2.45) is 0 Å². The fraction of sp³-hybridized carbons (Fsp3) is 0.286. The second-order valence-electron chi connectivity index (χ2n) is 5.02. The Hall–Kier alpha value is -1.87. The van der Waals surface area contributed by atoms with Crippen molar-refractivity contribution in [2.45, 2.75) is 30.4 Å². The van der Waals surface area contributed by atoms with Gasteiger partial charge in [0, 0.05) is 10.9 Å². The number of hydrogen-bond acceptors (Lipinski definition) is 5. The van der Waals surface area contributed by atoms with E-state index in [0.717, 1.165) is 17.8 Å². The van der Waals surface area contributed by atoms with Gasteiger partial charge in [-0.05, 0) is 30.2 Å². The van der Waals surface area contributed by atoms with Crippen LogP contribution in [0.2, 0.25) is 0 Å². The van der Waals surface area contributed by atoms with Crippen molar-refractivity contribution in [3.05, 3.63) is 40.9 Å². The number of nitrogens with zero attached hydrogens (tertiary/aromatic N) is 1. The predicted molar refractivity (Wildman–Crippen MR) is 83.8 cm³/mol. The largest absolute Gasteiger partial charge is 0.341 e. The van der Waals surface area contributed by atoms with Gasteiger partial charge in [0.05, 0.1) is 10.6 Å². The second kappa shape index (κ2) is 6.71. The van der Waals surface area contributed by atoms with E-state index in [2.05, 4.69) is 10.3 Å². The molecule has 0 bridgehead atoms. The van der Waals surface area contributed by atoms with Gasteiger partial charge < -0.3 is 0 Å². The summed E-state index contributed by atoms with van der Waals surface area (Å²) in [5.41, 5.74) is 1.00. The van der Waals surface area contributed by atoms with Crippen LogP contribution in [-0.2, 0) is 9.84 Å². The summed E-state index contributed by atoms with van der Waals surface area (Å²) in [6.07, 6.45) is 0. The van der Waals surface area contributed by atoms with E-state index in [1.807, 2.05) is 19.2 Å². The van der Waals surface area contributed by atoms with Gasteiger partial charge in [-0.2, -0.15) is 8.78 Å². The predicted octanol–water partition coefficient (Wildman–Crippen LogP) is 3.52. The van der Waals surface area contributed by atoms with Gasteiger partial charge in [0.25, 0.3) is 5.91 Å². The average molecular weight is 360 g/mol. The summed E-state index contributed by atoms with van der Waals surface area (Å²) in [6.45, 7) is 3.95. The number of carbonyl (C=O) groups excluding carboxylic acids is 1. The molecular formula is C14H14F2N2O3S2. The van der Waals surface area contributed by atoms with Crippen LogP contribution >= 0.6 is 11.3 Å². The number of thiazole rings is 1. The Kier molecular flexibility index (Phi) is 5.10. The molecule has 1 aromatic heterocycles. The molecule has 23 heavy (non-hydrogen) atoms. The lowest BCUT2D eigenvalue weighted by Crippen LogP contribution is -2.14. The number of carbonyl (C=O) groups is 1. The van der Waals surface area contributed by atoms with Crippen LogP contribution in [0.3, 0.4) is 0 Å². The lowest BCUT2D eigenvalue weighted by atomic mass is 10.2. The monoisotopic (exact) mass is 360 g/mol. The van der Waals surface area contributed by atoms with Crippen molar-refractivity contribution in [3.8, 4) is 0 Å². The van der Waals surface area contributed by atoms with Crippen molar-refractivity contribution >= 4 is 32.2 Å². The molecule has 1 aromatic carbocycles. The number of rotatable bonds is 5. The first-order valence-corrected chi connectivity index (χ1v) is 9.03. The zero-order valence-electron chi connectivity index (χ0n) is 12.3. The number of benzene rings is 1. The maximum absolute atomic E-state index is 12.4. The molecule has 124 valence electrons. The summed E-state index contributed by atoms with van der Waals surface area (Å²) < 4.78 is 47.5. The molecule has 0 spiro atoms. The third-order valence-corrected chi connectivity index (χ3v) is 5.19. The van der Waals surface area contributed by atoms with Crippen LogP contribution in [0.1, 0.15) is 35.8 Å². The van der Waals surface area contributed by atoms with Gasteiger partial charge in [-0.3, -0.25) is 10.1 Å². The Morgan fingerprint density at radius 2 is 1.83 bits per heavy atom. The molecule has 0 radical (unpaired) electrons. The minimum Gasteiger partial charge on any atom is -0.298 e. The van der Waals surface area contributed by atoms with Gasteiger partial charge in [0.2, 0.25) is 9.84 Å². The van der Waals surface area contributed by atoms with Crippen molar-refractivity contribution in [1.29, 1.82) is 0 Å². The first-order chi connectivity index (χ1) is 10.7. The number of sulfone groups is 1. The third-order valence-electron chi connectivity index (χ3n) is 3.01. The maximum Gasteiger partial charge on any atom is 0.341 e. The lowest BCUT2D eigenvalue weighted by Gasteiger charge is -2.05. The van der Waals surface area contributed by atoms with E-state index in [9.17, 15) is 22.0 Å². The van der Waals surface area contributed by atoms with E-state index >= 15 is 0 Å². The van der Waals surface area contributed by atoms with Gasteiger partial charge in [-0.15, -0.1) is 11.3 Å². The van der Waals surface area contributed by atoms with Gasteiger partial charge in [-0.25, -0.2) is 13.4 Å². The number of nitrogens with one attached hydrogen (secondary N) is 1. The SMILES string of the molecule is CC(C)c1csc(NC(=O)c2ccc(S(=O)(=O)C(F)F)cc2)n1. The Morgan fingerprint density at radius 1 is 1.22 bits per heavy atom. The smallest absolute Gasteiger partial charge is 0.298 e. The van der Waals surface area contributed by atoms with Gasteiger partial charge >= 0.3 is 5.76 Å². The van der Waals surface area contributed by atoms with Gasteiger partial charge in [0.1, 0.15) is 0 Å². The number of halogens is 2. The van der Waals surface area contributed by atoms with E-state index in [-0.39, 0.29) is 11.5 Å². The Morgan fingerprint density at radius 3 is 2.30 bits per heavy atom. The molecule has 5 nitrogen and oxygen atoms in total. The summed E-state index contributed by atoms with van der Waals surface area (Å²) in [6, 6.07) is 4.33. The zero-order chi connectivity index (χ0) is 17.2. The van der Waals surface area contributed by atoms with Crippen molar-refractivity contribution in [2.75, 3.05) is 5.32 Å². The number of alkyl halides is 2. The minimum atomic E-state index is -4.66. The normalized spacial score (nSPS) is 11.9. The van der Waals surface area contributed by atoms with Crippen LogP contribution in [0.4, 0.5) is 13.9 Å². The highest BCUT2D eigenvalue weighted by atomic mass is 32.2. The fourth-order valence-corrected chi connectivity index (χ4v) is 3.27. The number of aromatic nitrogens is 1. The number of anilines is 1. The van der Waals surface area contributed by atoms with Crippen molar-refractivity contribution in [1.82, 2.24) is 4.98 Å². The summed E-state index contributed by atoms with van der Waals surface area (Å²) in [7, 11) is -4.66. The van der Waals surface area contributed by atoms with E-state index in [4.69, 9.17) is 0 Å². The summed E-state index contributed by atoms with van der Waals surface area (Å²) in [5, 5.41) is 4.84. The van der Waals surface area contributed by atoms with E-state index < -0.39 is 26.4 Å². The van der Waals surface area contributed by atoms with E-state index in [1.54, 1.807) is 0 Å². The summed E-state index contributed by atoms with van der Waals surface area (Å²) in [5.74, 6) is -3.75. The van der Waals surface area contributed by atoms with E-state index in [1.165, 1.54) is 23.5 Å². The Balaban J connectivity index is 2.14. The molecule has 0 saturated carbocycles. The molecule has 0 aliphatic heterocycles. The van der Waals surface area contributed by atoms with Gasteiger partial charge in [-0.1, -0.05) is 13.8 Å². The molecule has 0 fully saturated rings. The first kappa shape index (κ1) is 17.5. The molecule has 0 atom stereocenters. The molecule has 0 saturated heterocycles. The van der Waals surface area contributed by atoms with Crippen LogP contribution in [0.5, 0.6) is 0 Å². The average Bonchev–Trinajstić information content (AvgIpc) is 2.96. The molecule has 2 aromatic rings. The Labute approximate surface area is 136 Å². The molecule has 1 heterocycles. The number of hydrogen-bond donors (Lipinski definition) is 1. The van der Waals surface area contributed by atoms with Crippen LogP contribution in [0, 0.1) is 0 Å². The first-order valence-electron chi connectivity index (χ1n) is 6.60. The topological polar surface area (TPSA) is 76.1 Å². The van der Waals surface area contributed by atoms with Crippen LogP contribution in [0.15, 0.2) is 34.5 Å². The molecule has 0 unspecified atom stereocenters. The quantitative estimate of drug-likeness (QED) is 0.885. The highest BCUT2D eigenvalue weighted by molar-refractivity contribution is 7.91. The van der Waals surface area contributed by atoms with Crippen molar-refractivity contribution < 1.29 is 22.0 Å². The fourth-order valence-electron chi connectivity index (χ4n) is 1.68. The molecule has 1 amide bonds. The molecule has 0 aliphatic rings. The summed E-state index contributed by atoms with van der Waals surface area (Å²) in [4.78, 5) is 15.8. The molecular weight excluding hydrogens is 346 g/mol. The lowest BCUT2D eigenvalue weighted by molar-refractivity contribution is 0.102. The summed E-state index contributed by atoms with van der Waals surface area (Å²) >= 11 is 1.27. The second-order valence-corrected chi connectivity index (χ2v) is 7.79. The minimum absolute atomic E-state index is 0.152. The van der Waals surface area contributed by atoms with Crippen LogP contribution < -0.4 is 5.32 Å². The highest BCUT2D eigenvalue weighted by Gasteiger charge is 2.26. The van der Waals surface area contributed by atoms with E-state index in [0.29, 0.717) is 5.13 Å². The Bertz CT molecular complexity index is 800. The molecule has 0 aliphatic carbocycles. The maximum atomic E-state index is 12.4. The zero-order valence-corrected chi connectivity index (χ0v) is 13.9. The third kappa shape index (κ3) is 3.91. The highest BCUT2D eigenvalue weighted by Crippen LogP contribution is 2.23. The van der Waals surface area contributed by atoms with Crippen LogP contribution in [-0.4, -0.2) is 25.1 Å².